The van der Waals surface area contributed by atoms with Crippen LogP contribution in [-0.4, -0.2) is 36.0 Å². The van der Waals surface area contributed by atoms with Crippen molar-refractivity contribution >= 4 is 10.9 Å². The lowest BCUT2D eigenvalue weighted by atomic mass is 9.76. The molecule has 0 bridgehead atoms. The van der Waals surface area contributed by atoms with E-state index in [1.807, 2.05) is 18.2 Å². The molecule has 0 amide bonds. The molecule has 0 heterocycles. The average Bonchev–Trinajstić information content (AvgIpc) is 2.76. The Morgan fingerprint density at radius 3 is 1.46 bits per heavy atom. The minimum atomic E-state index is -0.517. The first kappa shape index (κ1) is 20.7. The number of hydrogen-bond acceptors (Lipinski definition) is 2. The fourth-order valence-corrected chi connectivity index (χ4v) is 4.46. The van der Waals surface area contributed by atoms with E-state index in [4.69, 9.17) is 0 Å². The molecule has 3 aromatic carbocycles. The van der Waals surface area contributed by atoms with Gasteiger partial charge in [0.2, 0.25) is 0 Å². The Bertz CT molecular complexity index is 724. The molecule has 0 aromatic heterocycles. The second-order valence-electron chi connectivity index (χ2n) is 7.35. The summed E-state index contributed by atoms with van der Waals surface area (Å²) in [6.07, 6.45) is 5.46. The predicted molar refractivity (Wildman–Crippen MR) is 122 cm³/mol. The normalized spacial score (nSPS) is 12.9. The van der Waals surface area contributed by atoms with Crippen molar-refractivity contribution in [3.63, 3.8) is 0 Å². The molecule has 0 aliphatic rings. The monoisotopic (exact) mass is 392 g/mol. The minimum Gasteiger partial charge on any atom is -0.395 e. The van der Waals surface area contributed by atoms with Crippen LogP contribution in [0, 0.1) is 0 Å². The van der Waals surface area contributed by atoms with Gasteiger partial charge in [-0.05, 0) is 27.6 Å². The molecule has 3 aromatic rings. The maximum absolute atomic E-state index is 10.2. The van der Waals surface area contributed by atoms with Crippen LogP contribution in [0.1, 0.15) is 23.1 Å². The van der Waals surface area contributed by atoms with Gasteiger partial charge in [0.05, 0.1) is 24.7 Å². The molecule has 0 aliphatic heterocycles. The molecule has 0 aliphatic carbocycles. The third-order valence-corrected chi connectivity index (χ3v) is 6.19. The van der Waals surface area contributed by atoms with E-state index in [0.29, 0.717) is 10.9 Å². The second kappa shape index (κ2) is 9.92. The van der Waals surface area contributed by atoms with Gasteiger partial charge in [0.1, 0.15) is 5.75 Å². The molecule has 0 saturated carbocycles. The number of rotatable bonds is 9. The number of aliphatic hydroxyl groups excluding tert-OH is 1. The molecule has 2 nitrogen and oxygen atoms in total. The van der Waals surface area contributed by atoms with Crippen molar-refractivity contribution in [2.75, 3.05) is 24.9 Å². The van der Waals surface area contributed by atoms with Gasteiger partial charge >= 0.3 is 0 Å². The summed E-state index contributed by atoms with van der Waals surface area (Å²) in [7, 11) is 0.349. The Morgan fingerprint density at radius 1 is 0.750 bits per heavy atom. The summed E-state index contributed by atoms with van der Waals surface area (Å²) < 4.78 is 0. The Labute approximate surface area is 172 Å². The van der Waals surface area contributed by atoms with Crippen LogP contribution in [0.2, 0.25) is 0 Å². The third-order valence-electron chi connectivity index (χ3n) is 5.14. The highest BCUT2D eigenvalue weighted by Crippen LogP contribution is 2.37. The Balaban J connectivity index is 2.16. The fraction of sp³-hybridized carbons (Fsp3) is 0.280. The molecule has 3 rings (SSSR count). The summed E-state index contributed by atoms with van der Waals surface area (Å²) in [5.41, 5.74) is 3.02. The average molecular weight is 393 g/mol. The molecule has 28 heavy (non-hydrogen) atoms. The lowest BCUT2D eigenvalue weighted by Crippen LogP contribution is -2.51. The van der Waals surface area contributed by atoms with E-state index in [2.05, 4.69) is 90.6 Å². The SMILES string of the molecule is C[S+](C)CC[C@@H](CO)NC(c1ccccc1)(c1ccccc1)c1ccccc1. The molecule has 1 atom stereocenters. The van der Waals surface area contributed by atoms with Crippen molar-refractivity contribution in [2.45, 2.75) is 18.0 Å². The van der Waals surface area contributed by atoms with Crippen molar-refractivity contribution in [2.24, 2.45) is 0 Å². The van der Waals surface area contributed by atoms with Crippen LogP contribution >= 0.6 is 0 Å². The van der Waals surface area contributed by atoms with E-state index in [9.17, 15) is 5.11 Å². The highest BCUT2D eigenvalue weighted by Gasteiger charge is 2.38. The van der Waals surface area contributed by atoms with E-state index in [0.717, 1.165) is 12.2 Å². The van der Waals surface area contributed by atoms with E-state index in [1.165, 1.54) is 16.7 Å². The summed E-state index contributed by atoms with van der Waals surface area (Å²) in [4.78, 5) is 0. The van der Waals surface area contributed by atoms with Crippen LogP contribution in [0.3, 0.4) is 0 Å². The number of nitrogens with one attached hydrogen (secondary N) is 1. The lowest BCUT2D eigenvalue weighted by Gasteiger charge is -2.39. The van der Waals surface area contributed by atoms with Crippen molar-refractivity contribution in [1.29, 1.82) is 0 Å². The Morgan fingerprint density at radius 2 is 1.14 bits per heavy atom. The molecule has 0 spiro atoms. The zero-order valence-corrected chi connectivity index (χ0v) is 17.5. The minimum absolute atomic E-state index is 0.00974. The van der Waals surface area contributed by atoms with Crippen LogP contribution in [0.25, 0.3) is 0 Å². The summed E-state index contributed by atoms with van der Waals surface area (Å²) in [6, 6.07) is 31.7. The first-order valence-corrected chi connectivity index (χ1v) is 12.0. The van der Waals surface area contributed by atoms with Gasteiger partial charge in [-0.1, -0.05) is 91.0 Å². The van der Waals surface area contributed by atoms with Gasteiger partial charge in [-0.25, -0.2) is 0 Å². The summed E-state index contributed by atoms with van der Waals surface area (Å²) in [6.45, 7) is 0.117. The van der Waals surface area contributed by atoms with E-state index in [1.54, 1.807) is 0 Å². The summed E-state index contributed by atoms with van der Waals surface area (Å²) in [5.74, 6) is 1.10. The van der Waals surface area contributed by atoms with Crippen LogP contribution in [0.15, 0.2) is 91.0 Å². The second-order valence-corrected chi connectivity index (χ2v) is 9.73. The van der Waals surface area contributed by atoms with Crippen molar-refractivity contribution in [3.05, 3.63) is 108 Å². The quantitative estimate of drug-likeness (QED) is 0.423. The Hall–Kier alpha value is -2.07. The lowest BCUT2D eigenvalue weighted by molar-refractivity contribution is 0.219. The topological polar surface area (TPSA) is 32.3 Å². The highest BCUT2D eigenvalue weighted by atomic mass is 32.2. The van der Waals surface area contributed by atoms with E-state index in [-0.39, 0.29) is 12.6 Å². The molecule has 2 N–H and O–H groups in total. The van der Waals surface area contributed by atoms with Crippen molar-refractivity contribution in [3.8, 4) is 0 Å². The molecule has 0 radical (unpaired) electrons. The van der Waals surface area contributed by atoms with Crippen LogP contribution < -0.4 is 5.32 Å². The van der Waals surface area contributed by atoms with Gasteiger partial charge in [-0.15, -0.1) is 0 Å². The molecule has 3 heteroatoms. The zero-order valence-electron chi connectivity index (χ0n) is 16.7. The van der Waals surface area contributed by atoms with Crippen LogP contribution in [0.5, 0.6) is 0 Å². The van der Waals surface area contributed by atoms with Crippen LogP contribution in [0.4, 0.5) is 0 Å². The van der Waals surface area contributed by atoms with E-state index >= 15 is 0 Å². The zero-order chi connectivity index (χ0) is 19.8. The number of hydrogen-bond donors (Lipinski definition) is 2. The summed E-state index contributed by atoms with van der Waals surface area (Å²) in [5, 5.41) is 14.1. The molecule has 0 unspecified atom stereocenters. The first-order chi connectivity index (χ1) is 13.7. The summed E-state index contributed by atoms with van der Waals surface area (Å²) >= 11 is 0. The predicted octanol–water partition coefficient (Wildman–Crippen LogP) is 4.20. The molecule has 0 saturated heterocycles. The molecular formula is C25H30NOS+. The highest BCUT2D eigenvalue weighted by molar-refractivity contribution is 7.95. The van der Waals surface area contributed by atoms with Crippen LogP contribution in [-0.2, 0) is 16.4 Å². The fourth-order valence-electron chi connectivity index (χ4n) is 3.71. The van der Waals surface area contributed by atoms with Gasteiger partial charge in [-0.2, -0.15) is 0 Å². The van der Waals surface area contributed by atoms with Gasteiger partial charge in [0, 0.05) is 12.5 Å². The standard InChI is InChI=1S/C25H30NOS/c1-28(2)19-18-24(20-27)26-25(21-12-6-3-7-13-21,22-14-8-4-9-15-22)23-16-10-5-11-17-23/h3-17,24,26-27H,18-20H2,1-2H3/q+1/t24-/m0/s1. The molecule has 146 valence electrons. The molecule has 0 fully saturated rings. The Kier molecular flexibility index (Phi) is 7.32. The van der Waals surface area contributed by atoms with Crippen molar-refractivity contribution < 1.29 is 5.11 Å². The number of benzene rings is 3. The van der Waals surface area contributed by atoms with Gasteiger partial charge in [0.25, 0.3) is 0 Å². The first-order valence-electron chi connectivity index (χ1n) is 9.76. The number of aliphatic hydroxyl groups is 1. The van der Waals surface area contributed by atoms with Gasteiger partial charge < -0.3 is 5.11 Å². The van der Waals surface area contributed by atoms with Gasteiger partial charge in [0.15, 0.2) is 0 Å². The van der Waals surface area contributed by atoms with Crippen molar-refractivity contribution in [1.82, 2.24) is 5.32 Å². The maximum Gasteiger partial charge on any atom is 0.109 e. The largest absolute Gasteiger partial charge is 0.395 e. The van der Waals surface area contributed by atoms with Gasteiger partial charge in [-0.3, -0.25) is 5.32 Å². The smallest absolute Gasteiger partial charge is 0.109 e. The van der Waals surface area contributed by atoms with E-state index < -0.39 is 5.54 Å². The maximum atomic E-state index is 10.2. The molecular weight excluding hydrogens is 362 g/mol. The third kappa shape index (κ3) is 4.67.